The van der Waals surface area contributed by atoms with Crippen molar-refractivity contribution in [2.24, 2.45) is 5.73 Å². The Kier molecular flexibility index (Phi) is 4.93. The van der Waals surface area contributed by atoms with Crippen LogP contribution in [0, 0.1) is 5.41 Å². The summed E-state index contributed by atoms with van der Waals surface area (Å²) in [5.74, 6) is 0.0214. The molecule has 0 bridgehead atoms. The van der Waals surface area contributed by atoms with E-state index in [2.05, 4.69) is 10.6 Å². The minimum absolute atomic E-state index is 0.0214. The molecule has 0 aromatic heterocycles. The number of guanidine groups is 1. The van der Waals surface area contributed by atoms with Crippen molar-refractivity contribution in [1.29, 1.82) is 5.41 Å². The molecular formula is C10H20N4O. The van der Waals surface area contributed by atoms with Crippen LogP contribution in [0.2, 0.25) is 0 Å². The molecular weight excluding hydrogens is 192 g/mol. The highest BCUT2D eigenvalue weighted by Crippen LogP contribution is 2.16. The standard InChI is InChI=1S/C10H20N4O/c11-9(14-10(12)15)13-8-6-4-2-1-3-5-7-8/h8H,1-7H2,(H5,11,12,13,14,15). The van der Waals surface area contributed by atoms with Crippen molar-refractivity contribution in [2.75, 3.05) is 0 Å². The van der Waals surface area contributed by atoms with Gasteiger partial charge in [0.25, 0.3) is 0 Å². The first kappa shape index (κ1) is 11.8. The van der Waals surface area contributed by atoms with Crippen molar-refractivity contribution in [2.45, 2.75) is 51.0 Å². The van der Waals surface area contributed by atoms with Gasteiger partial charge in [-0.3, -0.25) is 10.7 Å². The van der Waals surface area contributed by atoms with Gasteiger partial charge in [0.15, 0.2) is 5.96 Å². The van der Waals surface area contributed by atoms with E-state index in [4.69, 9.17) is 11.1 Å². The molecule has 1 aliphatic rings. The normalized spacial score (nSPS) is 18.7. The molecule has 5 N–H and O–H groups in total. The molecule has 0 unspecified atom stereocenters. The summed E-state index contributed by atoms with van der Waals surface area (Å²) in [6.45, 7) is 0. The van der Waals surface area contributed by atoms with Gasteiger partial charge in [0.05, 0.1) is 0 Å². The average Bonchev–Trinajstić information content (AvgIpc) is 2.08. The summed E-state index contributed by atoms with van der Waals surface area (Å²) in [6.07, 6.45) is 8.40. The third kappa shape index (κ3) is 5.24. The van der Waals surface area contributed by atoms with Crippen LogP contribution in [0.15, 0.2) is 0 Å². The number of carbonyl (C=O) groups excluding carboxylic acids is 1. The van der Waals surface area contributed by atoms with Crippen LogP contribution in [-0.2, 0) is 0 Å². The molecule has 5 heteroatoms. The van der Waals surface area contributed by atoms with Gasteiger partial charge >= 0.3 is 6.03 Å². The van der Waals surface area contributed by atoms with Crippen molar-refractivity contribution in [3.63, 3.8) is 0 Å². The Morgan fingerprint density at radius 2 is 1.67 bits per heavy atom. The summed E-state index contributed by atoms with van der Waals surface area (Å²) in [5.41, 5.74) is 4.92. The Morgan fingerprint density at radius 3 is 2.20 bits per heavy atom. The maximum Gasteiger partial charge on any atom is 0.318 e. The van der Waals surface area contributed by atoms with Gasteiger partial charge in [-0.25, -0.2) is 4.79 Å². The zero-order valence-electron chi connectivity index (χ0n) is 9.01. The molecule has 5 nitrogen and oxygen atoms in total. The van der Waals surface area contributed by atoms with Crippen LogP contribution in [0.5, 0.6) is 0 Å². The fourth-order valence-corrected chi connectivity index (χ4v) is 1.96. The highest BCUT2D eigenvalue weighted by molar-refractivity contribution is 5.93. The summed E-state index contributed by atoms with van der Waals surface area (Å²) >= 11 is 0. The van der Waals surface area contributed by atoms with Gasteiger partial charge in [-0.2, -0.15) is 0 Å². The number of nitrogens with two attached hydrogens (primary N) is 1. The molecule has 0 spiro atoms. The third-order valence-electron chi connectivity index (χ3n) is 2.70. The van der Waals surface area contributed by atoms with E-state index in [1.807, 2.05) is 0 Å². The van der Waals surface area contributed by atoms with Gasteiger partial charge in [-0.1, -0.05) is 32.1 Å². The molecule has 86 valence electrons. The minimum Gasteiger partial charge on any atom is -0.353 e. The first-order valence-corrected chi connectivity index (χ1v) is 5.60. The first-order chi connectivity index (χ1) is 7.18. The van der Waals surface area contributed by atoms with Gasteiger partial charge in [0.1, 0.15) is 0 Å². The molecule has 1 aliphatic carbocycles. The quantitative estimate of drug-likeness (QED) is 0.389. The Morgan fingerprint density at radius 1 is 1.13 bits per heavy atom. The zero-order valence-corrected chi connectivity index (χ0v) is 9.01. The fraction of sp³-hybridized carbons (Fsp3) is 0.800. The molecule has 1 rings (SSSR count). The first-order valence-electron chi connectivity index (χ1n) is 5.60. The van der Waals surface area contributed by atoms with Crippen molar-refractivity contribution in [1.82, 2.24) is 10.6 Å². The van der Waals surface area contributed by atoms with E-state index in [0.717, 1.165) is 12.8 Å². The second kappa shape index (κ2) is 6.27. The van der Waals surface area contributed by atoms with Crippen LogP contribution in [-0.4, -0.2) is 18.0 Å². The molecule has 0 atom stereocenters. The maximum absolute atomic E-state index is 10.5. The molecule has 15 heavy (non-hydrogen) atoms. The largest absolute Gasteiger partial charge is 0.353 e. The van der Waals surface area contributed by atoms with Crippen LogP contribution in [0.4, 0.5) is 4.79 Å². The Labute approximate surface area is 90.3 Å². The van der Waals surface area contributed by atoms with Crippen LogP contribution < -0.4 is 16.4 Å². The van der Waals surface area contributed by atoms with E-state index in [-0.39, 0.29) is 5.96 Å². The maximum atomic E-state index is 10.5. The van der Waals surface area contributed by atoms with Crippen molar-refractivity contribution in [3.05, 3.63) is 0 Å². The summed E-state index contributed by atoms with van der Waals surface area (Å²) in [7, 11) is 0. The predicted molar refractivity (Wildman–Crippen MR) is 59.7 cm³/mol. The van der Waals surface area contributed by atoms with Crippen LogP contribution in [0.1, 0.15) is 44.9 Å². The molecule has 1 saturated carbocycles. The molecule has 0 saturated heterocycles. The monoisotopic (exact) mass is 212 g/mol. The van der Waals surface area contributed by atoms with Crippen LogP contribution in [0.3, 0.4) is 0 Å². The lowest BCUT2D eigenvalue weighted by Gasteiger charge is -2.21. The molecule has 1 fully saturated rings. The van der Waals surface area contributed by atoms with E-state index >= 15 is 0 Å². The zero-order chi connectivity index (χ0) is 11.1. The predicted octanol–water partition coefficient (Wildman–Crippen LogP) is 1.29. The van der Waals surface area contributed by atoms with Gasteiger partial charge < -0.3 is 11.1 Å². The molecule has 0 aromatic carbocycles. The molecule has 0 heterocycles. The topological polar surface area (TPSA) is 91.0 Å². The van der Waals surface area contributed by atoms with Crippen molar-refractivity contribution in [3.8, 4) is 0 Å². The third-order valence-corrected chi connectivity index (χ3v) is 2.70. The Balaban J connectivity index is 2.28. The SMILES string of the molecule is N=C(NC(N)=O)NC1CCCCCCC1. The van der Waals surface area contributed by atoms with Gasteiger partial charge in [0, 0.05) is 6.04 Å². The second-order valence-electron chi connectivity index (χ2n) is 4.05. The van der Waals surface area contributed by atoms with Gasteiger partial charge in [-0.05, 0) is 12.8 Å². The number of carbonyl (C=O) groups is 1. The minimum atomic E-state index is -0.682. The number of amides is 2. The molecule has 2 amide bonds. The lowest BCUT2D eigenvalue weighted by atomic mass is 9.97. The number of hydrogen-bond acceptors (Lipinski definition) is 2. The lowest BCUT2D eigenvalue weighted by molar-refractivity contribution is 0.252. The Bertz CT molecular complexity index is 221. The number of nitrogens with one attached hydrogen (secondary N) is 3. The summed E-state index contributed by atoms with van der Waals surface area (Å²) < 4.78 is 0. The second-order valence-corrected chi connectivity index (χ2v) is 4.05. The smallest absolute Gasteiger partial charge is 0.318 e. The van der Waals surface area contributed by atoms with E-state index in [0.29, 0.717) is 6.04 Å². The summed E-state index contributed by atoms with van der Waals surface area (Å²) in [5, 5.41) is 12.7. The van der Waals surface area contributed by atoms with E-state index in [1.54, 1.807) is 0 Å². The van der Waals surface area contributed by atoms with Crippen molar-refractivity contribution < 1.29 is 4.79 Å². The number of hydrogen-bond donors (Lipinski definition) is 4. The van der Waals surface area contributed by atoms with Crippen LogP contribution in [0.25, 0.3) is 0 Å². The molecule has 0 aliphatic heterocycles. The fourth-order valence-electron chi connectivity index (χ4n) is 1.96. The summed E-state index contributed by atoms with van der Waals surface area (Å²) in [4.78, 5) is 10.5. The average molecular weight is 212 g/mol. The highest BCUT2D eigenvalue weighted by Gasteiger charge is 2.12. The van der Waals surface area contributed by atoms with Crippen molar-refractivity contribution >= 4 is 12.0 Å². The van der Waals surface area contributed by atoms with E-state index in [1.165, 1.54) is 32.1 Å². The number of urea groups is 1. The van der Waals surface area contributed by atoms with Gasteiger partial charge in [-0.15, -0.1) is 0 Å². The van der Waals surface area contributed by atoms with Crippen LogP contribution >= 0.6 is 0 Å². The number of rotatable bonds is 1. The van der Waals surface area contributed by atoms with E-state index in [9.17, 15) is 4.79 Å². The van der Waals surface area contributed by atoms with Gasteiger partial charge in [0.2, 0.25) is 0 Å². The molecule has 0 radical (unpaired) electrons. The molecule has 0 aromatic rings. The highest BCUT2D eigenvalue weighted by atomic mass is 16.2. The summed E-state index contributed by atoms with van der Waals surface area (Å²) in [6, 6.07) is -0.372. The Hall–Kier alpha value is -1.26. The van der Waals surface area contributed by atoms with E-state index < -0.39 is 6.03 Å². The number of primary amides is 1. The lowest BCUT2D eigenvalue weighted by Crippen LogP contribution is -2.47.